The topological polar surface area (TPSA) is 105 Å². The van der Waals surface area contributed by atoms with Gasteiger partial charge in [0.05, 0.1) is 17.5 Å². The normalized spacial score (nSPS) is 10.8. The minimum absolute atomic E-state index is 0.0334. The SMILES string of the molecule is COc1cc2sc(=O)oc2cc1-c1cc(C(=O)O)[nH]n1. The summed E-state index contributed by atoms with van der Waals surface area (Å²) in [5.41, 5.74) is 1.32. The number of carboxylic acids is 1. The Hall–Kier alpha value is -2.61. The van der Waals surface area contributed by atoms with Crippen molar-refractivity contribution < 1.29 is 19.1 Å². The van der Waals surface area contributed by atoms with Crippen LogP contribution in [0.1, 0.15) is 10.5 Å². The van der Waals surface area contributed by atoms with E-state index in [1.165, 1.54) is 13.2 Å². The number of nitrogens with one attached hydrogen (secondary N) is 1. The average molecular weight is 292 g/mol. The number of aromatic amines is 1. The van der Waals surface area contributed by atoms with Gasteiger partial charge in [0.1, 0.15) is 17.0 Å². The second kappa shape index (κ2) is 4.49. The third-order valence-electron chi connectivity index (χ3n) is 2.74. The number of H-pyrrole nitrogens is 1. The number of rotatable bonds is 3. The van der Waals surface area contributed by atoms with Crippen molar-refractivity contribution in [1.82, 2.24) is 10.2 Å². The van der Waals surface area contributed by atoms with Gasteiger partial charge in [0, 0.05) is 11.6 Å². The number of hydrogen-bond acceptors (Lipinski definition) is 6. The van der Waals surface area contributed by atoms with Crippen LogP contribution in [0.5, 0.6) is 5.75 Å². The largest absolute Gasteiger partial charge is 0.496 e. The molecule has 0 aliphatic heterocycles. The van der Waals surface area contributed by atoms with Crippen molar-refractivity contribution in [3.63, 3.8) is 0 Å². The molecule has 2 heterocycles. The van der Waals surface area contributed by atoms with Crippen LogP contribution in [0, 0.1) is 0 Å². The number of nitrogens with zero attached hydrogens (tertiary/aromatic N) is 1. The van der Waals surface area contributed by atoms with Gasteiger partial charge in [0.2, 0.25) is 0 Å². The number of methoxy groups -OCH3 is 1. The first-order valence-corrected chi connectivity index (χ1v) is 6.31. The third-order valence-corrected chi connectivity index (χ3v) is 3.53. The molecule has 0 amide bonds. The van der Waals surface area contributed by atoms with E-state index in [4.69, 9.17) is 14.3 Å². The van der Waals surface area contributed by atoms with Gasteiger partial charge in [-0.25, -0.2) is 9.59 Å². The van der Waals surface area contributed by atoms with Gasteiger partial charge in [-0.2, -0.15) is 5.10 Å². The van der Waals surface area contributed by atoms with E-state index in [0.29, 0.717) is 27.3 Å². The molecule has 0 fully saturated rings. The summed E-state index contributed by atoms with van der Waals surface area (Å²) in [7, 11) is 1.48. The number of fused-ring (bicyclic) bond motifs is 1. The zero-order valence-electron chi connectivity index (χ0n) is 10.2. The first-order valence-electron chi connectivity index (χ1n) is 5.49. The monoisotopic (exact) mass is 292 g/mol. The van der Waals surface area contributed by atoms with E-state index in [1.807, 2.05) is 0 Å². The molecule has 2 N–H and O–H groups in total. The van der Waals surface area contributed by atoms with E-state index in [0.717, 1.165) is 11.3 Å². The highest BCUT2D eigenvalue weighted by Crippen LogP contribution is 2.34. The van der Waals surface area contributed by atoms with Gasteiger partial charge in [-0.3, -0.25) is 5.10 Å². The van der Waals surface area contributed by atoms with Crippen LogP contribution in [0.2, 0.25) is 0 Å². The fraction of sp³-hybridized carbons (Fsp3) is 0.0833. The number of carbonyl (C=O) groups is 1. The molecule has 0 spiro atoms. The second-order valence-corrected chi connectivity index (χ2v) is 4.90. The summed E-state index contributed by atoms with van der Waals surface area (Å²) in [5.74, 6) is -0.621. The first kappa shape index (κ1) is 12.4. The van der Waals surface area contributed by atoms with Crippen molar-refractivity contribution in [2.75, 3.05) is 7.11 Å². The molecule has 20 heavy (non-hydrogen) atoms. The van der Waals surface area contributed by atoms with Crippen LogP contribution in [0.4, 0.5) is 0 Å². The van der Waals surface area contributed by atoms with E-state index in [-0.39, 0.29) is 5.69 Å². The summed E-state index contributed by atoms with van der Waals surface area (Å²) < 4.78 is 10.9. The summed E-state index contributed by atoms with van der Waals surface area (Å²) in [6.45, 7) is 0. The van der Waals surface area contributed by atoms with E-state index in [1.54, 1.807) is 12.1 Å². The molecule has 0 aliphatic rings. The van der Waals surface area contributed by atoms with Gasteiger partial charge in [-0.1, -0.05) is 11.3 Å². The Labute approximate surface area is 115 Å². The van der Waals surface area contributed by atoms with Crippen molar-refractivity contribution in [1.29, 1.82) is 0 Å². The van der Waals surface area contributed by atoms with E-state index >= 15 is 0 Å². The smallest absolute Gasteiger partial charge is 0.396 e. The predicted octanol–water partition coefficient (Wildman–Crippen LogP) is 1.95. The average Bonchev–Trinajstić information content (AvgIpc) is 3.01. The van der Waals surface area contributed by atoms with Crippen LogP contribution in [-0.4, -0.2) is 28.4 Å². The standard InChI is InChI=1S/C12H8N2O5S/c1-18-8-4-10-9(19-12(17)20-10)2-5(8)6-3-7(11(15)16)14-13-6/h2-4H,1H3,(H,13,14)(H,15,16). The molecule has 0 unspecified atom stereocenters. The molecule has 2 aromatic heterocycles. The van der Waals surface area contributed by atoms with Crippen molar-refractivity contribution in [3.05, 3.63) is 33.6 Å². The molecule has 0 radical (unpaired) electrons. The Morgan fingerprint density at radius 2 is 2.25 bits per heavy atom. The number of aromatic carboxylic acids is 1. The van der Waals surface area contributed by atoms with Gasteiger partial charge >= 0.3 is 10.9 Å². The minimum Gasteiger partial charge on any atom is -0.496 e. The van der Waals surface area contributed by atoms with Crippen molar-refractivity contribution in [2.45, 2.75) is 0 Å². The van der Waals surface area contributed by atoms with Gasteiger partial charge in [-0.15, -0.1) is 0 Å². The Morgan fingerprint density at radius 1 is 1.45 bits per heavy atom. The molecule has 7 nitrogen and oxygen atoms in total. The maximum Gasteiger partial charge on any atom is 0.396 e. The van der Waals surface area contributed by atoms with Crippen molar-refractivity contribution >= 4 is 27.6 Å². The number of carboxylic acid groups (broad SMARTS) is 1. The number of benzene rings is 1. The fourth-order valence-corrected chi connectivity index (χ4v) is 2.52. The maximum absolute atomic E-state index is 11.2. The lowest BCUT2D eigenvalue weighted by Crippen LogP contribution is -1.95. The Balaban J connectivity index is 2.21. The molecule has 3 rings (SSSR count). The van der Waals surface area contributed by atoms with Crippen LogP contribution in [0.25, 0.3) is 21.5 Å². The summed E-state index contributed by atoms with van der Waals surface area (Å²) in [4.78, 5) is 21.7. The molecular weight excluding hydrogens is 284 g/mol. The van der Waals surface area contributed by atoms with Gasteiger partial charge in [0.15, 0.2) is 0 Å². The fourth-order valence-electron chi connectivity index (χ4n) is 1.84. The van der Waals surface area contributed by atoms with E-state index in [2.05, 4.69) is 10.2 Å². The Bertz CT molecular complexity index is 860. The molecule has 102 valence electrons. The zero-order chi connectivity index (χ0) is 14.3. The molecular formula is C12H8N2O5S. The van der Waals surface area contributed by atoms with Gasteiger partial charge < -0.3 is 14.3 Å². The number of ether oxygens (including phenoxy) is 1. The molecule has 8 heteroatoms. The zero-order valence-corrected chi connectivity index (χ0v) is 11.0. The molecule has 0 saturated carbocycles. The molecule has 3 aromatic rings. The lowest BCUT2D eigenvalue weighted by Gasteiger charge is -2.05. The number of hydrogen-bond donors (Lipinski definition) is 2. The predicted molar refractivity (Wildman–Crippen MR) is 71.5 cm³/mol. The molecule has 0 atom stereocenters. The summed E-state index contributed by atoms with van der Waals surface area (Å²) in [6.07, 6.45) is 0. The van der Waals surface area contributed by atoms with Crippen LogP contribution >= 0.6 is 11.3 Å². The molecule has 1 aromatic carbocycles. The highest BCUT2D eigenvalue weighted by Gasteiger charge is 2.16. The van der Waals surface area contributed by atoms with Gasteiger partial charge in [-0.05, 0) is 12.1 Å². The lowest BCUT2D eigenvalue weighted by atomic mass is 10.1. The minimum atomic E-state index is -1.11. The summed E-state index contributed by atoms with van der Waals surface area (Å²) in [5, 5.41) is 15.2. The molecule has 0 bridgehead atoms. The first-order chi connectivity index (χ1) is 9.58. The Morgan fingerprint density at radius 3 is 2.90 bits per heavy atom. The van der Waals surface area contributed by atoms with E-state index < -0.39 is 10.9 Å². The number of aromatic nitrogens is 2. The van der Waals surface area contributed by atoms with Crippen LogP contribution < -0.4 is 9.68 Å². The van der Waals surface area contributed by atoms with E-state index in [9.17, 15) is 9.59 Å². The van der Waals surface area contributed by atoms with Crippen LogP contribution in [0.3, 0.4) is 0 Å². The highest BCUT2D eigenvalue weighted by atomic mass is 32.1. The van der Waals surface area contributed by atoms with Crippen molar-refractivity contribution in [3.8, 4) is 17.0 Å². The summed E-state index contributed by atoms with van der Waals surface area (Å²) in [6, 6.07) is 4.65. The Kier molecular flexibility index (Phi) is 2.79. The molecule has 0 aliphatic carbocycles. The van der Waals surface area contributed by atoms with Crippen LogP contribution in [0.15, 0.2) is 27.4 Å². The lowest BCUT2D eigenvalue weighted by molar-refractivity contribution is 0.0690. The third kappa shape index (κ3) is 1.95. The van der Waals surface area contributed by atoms with Crippen molar-refractivity contribution in [2.24, 2.45) is 0 Å². The van der Waals surface area contributed by atoms with Gasteiger partial charge in [0.25, 0.3) is 0 Å². The highest BCUT2D eigenvalue weighted by molar-refractivity contribution is 7.16. The maximum atomic E-state index is 11.2. The summed E-state index contributed by atoms with van der Waals surface area (Å²) >= 11 is 0.971. The molecule has 0 saturated heterocycles. The quantitative estimate of drug-likeness (QED) is 0.764. The second-order valence-electron chi connectivity index (χ2n) is 3.93. The van der Waals surface area contributed by atoms with Crippen LogP contribution in [-0.2, 0) is 0 Å².